The van der Waals surface area contributed by atoms with Crippen LogP contribution >= 0.6 is 0 Å². The highest BCUT2D eigenvalue weighted by Crippen LogP contribution is 2.29. The summed E-state index contributed by atoms with van der Waals surface area (Å²) in [6, 6.07) is 1.27. The van der Waals surface area contributed by atoms with E-state index in [2.05, 4.69) is 16.8 Å². The van der Waals surface area contributed by atoms with Crippen LogP contribution in [0.4, 0.5) is 0 Å². The van der Waals surface area contributed by atoms with Crippen LogP contribution in [0, 0.1) is 23.7 Å². The largest absolute Gasteiger partial charge is 0.472 e. The summed E-state index contributed by atoms with van der Waals surface area (Å²) in [5.74, 6) is 6.34. The SMILES string of the molecule is C[C@H](CO)N1C[C@H](C)[C@@H](CN(C)S(C)(=O)=O)Oc2ncc(C#CC3CC3)cc2C1=O. The normalized spacial score (nSPS) is 23.0. The molecule has 2 aliphatic rings. The molecule has 2 heterocycles. The molecule has 0 radical (unpaired) electrons. The Kier molecular flexibility index (Phi) is 6.70. The third-order valence-electron chi connectivity index (χ3n) is 5.52. The fraction of sp³-hybridized carbons (Fsp3) is 0.619. The molecule has 3 rings (SSSR count). The van der Waals surface area contributed by atoms with Crippen LogP contribution in [0.1, 0.15) is 42.6 Å². The van der Waals surface area contributed by atoms with Crippen molar-refractivity contribution in [3.05, 3.63) is 23.4 Å². The Labute approximate surface area is 178 Å². The number of hydrogen-bond donors (Lipinski definition) is 1. The van der Waals surface area contributed by atoms with Gasteiger partial charge >= 0.3 is 0 Å². The van der Waals surface area contributed by atoms with E-state index in [1.807, 2.05) is 6.92 Å². The Bertz CT molecular complexity index is 965. The molecule has 1 aromatic rings. The minimum absolute atomic E-state index is 0.125. The predicted octanol–water partition coefficient (Wildman–Crippen LogP) is 0.955. The molecule has 164 valence electrons. The van der Waals surface area contributed by atoms with E-state index in [-0.39, 0.29) is 36.4 Å². The number of amides is 1. The highest BCUT2D eigenvalue weighted by atomic mass is 32.2. The Morgan fingerprint density at radius 2 is 2.13 bits per heavy atom. The molecule has 1 amide bonds. The molecule has 1 aliphatic carbocycles. The highest BCUT2D eigenvalue weighted by molar-refractivity contribution is 7.88. The molecular weight excluding hydrogens is 406 g/mol. The number of carbonyl (C=O) groups excluding carboxylic acids is 1. The molecule has 1 saturated carbocycles. The maximum Gasteiger partial charge on any atom is 0.259 e. The standard InChI is InChI=1S/C21H29N3O5S/c1-14-11-24(15(2)13-25)21(26)18-9-17(8-7-16-5-6-16)10-22-20(18)29-19(14)12-23(3)30(4,27)28/h9-10,14-16,19,25H,5-6,11-13H2,1-4H3/t14-,15+,19+/m0/s1. The van der Waals surface area contributed by atoms with Crippen molar-refractivity contribution in [2.75, 3.05) is 33.0 Å². The second-order valence-corrected chi connectivity index (χ2v) is 10.4. The minimum Gasteiger partial charge on any atom is -0.472 e. The van der Waals surface area contributed by atoms with Gasteiger partial charge in [0.15, 0.2) is 0 Å². The van der Waals surface area contributed by atoms with E-state index in [4.69, 9.17) is 4.74 Å². The lowest BCUT2D eigenvalue weighted by Crippen LogP contribution is -2.50. The number of fused-ring (bicyclic) bond motifs is 1. The molecule has 0 aromatic carbocycles. The first kappa shape index (κ1) is 22.5. The lowest BCUT2D eigenvalue weighted by atomic mass is 10.0. The summed E-state index contributed by atoms with van der Waals surface area (Å²) >= 11 is 0. The number of rotatable bonds is 5. The molecule has 1 N–H and O–H groups in total. The molecule has 1 aromatic heterocycles. The predicted molar refractivity (Wildman–Crippen MR) is 112 cm³/mol. The van der Waals surface area contributed by atoms with Crippen molar-refractivity contribution < 1.29 is 23.1 Å². The molecular formula is C21H29N3O5S. The molecule has 0 saturated heterocycles. The zero-order valence-electron chi connectivity index (χ0n) is 17.8. The number of aromatic nitrogens is 1. The van der Waals surface area contributed by atoms with Gasteiger partial charge < -0.3 is 14.7 Å². The molecule has 3 atom stereocenters. The van der Waals surface area contributed by atoms with Crippen molar-refractivity contribution in [1.82, 2.24) is 14.2 Å². The van der Waals surface area contributed by atoms with Gasteiger partial charge in [0.25, 0.3) is 5.91 Å². The zero-order chi connectivity index (χ0) is 22.1. The Balaban J connectivity index is 1.99. The van der Waals surface area contributed by atoms with Crippen molar-refractivity contribution >= 4 is 15.9 Å². The van der Waals surface area contributed by atoms with E-state index < -0.39 is 22.2 Å². The molecule has 30 heavy (non-hydrogen) atoms. The van der Waals surface area contributed by atoms with E-state index in [0.717, 1.165) is 19.1 Å². The first-order valence-electron chi connectivity index (χ1n) is 10.1. The number of nitrogens with zero attached hydrogens (tertiary/aromatic N) is 3. The van der Waals surface area contributed by atoms with Crippen molar-refractivity contribution in [3.63, 3.8) is 0 Å². The molecule has 0 unspecified atom stereocenters. The monoisotopic (exact) mass is 435 g/mol. The number of sulfonamides is 1. The molecule has 9 heteroatoms. The van der Waals surface area contributed by atoms with Gasteiger partial charge in [-0.05, 0) is 25.8 Å². The van der Waals surface area contributed by atoms with Crippen LogP contribution in [-0.2, 0) is 10.0 Å². The number of ether oxygens (including phenoxy) is 1. The van der Waals surface area contributed by atoms with Crippen LogP contribution in [0.5, 0.6) is 5.88 Å². The van der Waals surface area contributed by atoms with Crippen LogP contribution in [0.25, 0.3) is 0 Å². The highest BCUT2D eigenvalue weighted by Gasteiger charge is 2.35. The summed E-state index contributed by atoms with van der Waals surface area (Å²) in [5, 5.41) is 9.68. The minimum atomic E-state index is -3.39. The quantitative estimate of drug-likeness (QED) is 0.692. The fourth-order valence-electron chi connectivity index (χ4n) is 3.19. The first-order valence-corrected chi connectivity index (χ1v) is 12.0. The molecule has 0 bridgehead atoms. The summed E-state index contributed by atoms with van der Waals surface area (Å²) in [5.41, 5.74) is 0.907. The number of pyridine rings is 1. The van der Waals surface area contributed by atoms with Gasteiger partial charge in [-0.1, -0.05) is 18.8 Å². The Hall–Kier alpha value is -2.15. The summed E-state index contributed by atoms with van der Waals surface area (Å²) in [7, 11) is -1.90. The van der Waals surface area contributed by atoms with Gasteiger partial charge in [-0.2, -0.15) is 0 Å². The smallest absolute Gasteiger partial charge is 0.259 e. The number of aliphatic hydroxyl groups is 1. The number of hydrogen-bond acceptors (Lipinski definition) is 6. The van der Waals surface area contributed by atoms with Gasteiger partial charge in [-0.25, -0.2) is 17.7 Å². The average molecular weight is 436 g/mol. The summed E-state index contributed by atoms with van der Waals surface area (Å²) in [6.45, 7) is 3.93. The second kappa shape index (κ2) is 8.92. The number of likely N-dealkylation sites (N-methyl/N-ethyl adjacent to an activating group) is 1. The van der Waals surface area contributed by atoms with E-state index in [0.29, 0.717) is 18.0 Å². The Morgan fingerprint density at radius 3 is 2.73 bits per heavy atom. The van der Waals surface area contributed by atoms with E-state index >= 15 is 0 Å². The molecule has 1 aliphatic heterocycles. The van der Waals surface area contributed by atoms with Gasteiger partial charge in [-0.3, -0.25) is 4.79 Å². The first-order chi connectivity index (χ1) is 14.1. The van der Waals surface area contributed by atoms with Crippen molar-refractivity contribution in [3.8, 4) is 17.7 Å². The van der Waals surface area contributed by atoms with Gasteiger partial charge in [0.05, 0.1) is 25.4 Å². The maximum atomic E-state index is 13.3. The molecule has 8 nitrogen and oxygen atoms in total. The Morgan fingerprint density at radius 1 is 1.43 bits per heavy atom. The third kappa shape index (κ3) is 5.31. The van der Waals surface area contributed by atoms with Gasteiger partial charge in [0.1, 0.15) is 11.7 Å². The lowest BCUT2D eigenvalue weighted by molar-refractivity contribution is 0.0373. The number of carbonyl (C=O) groups is 1. The lowest BCUT2D eigenvalue weighted by Gasteiger charge is -2.37. The van der Waals surface area contributed by atoms with Crippen molar-refractivity contribution in [2.24, 2.45) is 11.8 Å². The topological polar surface area (TPSA) is 100 Å². The maximum absolute atomic E-state index is 13.3. The second-order valence-electron chi connectivity index (χ2n) is 8.29. The van der Waals surface area contributed by atoms with Crippen LogP contribution in [0.3, 0.4) is 0 Å². The summed E-state index contributed by atoms with van der Waals surface area (Å²) in [6.07, 6.45) is 4.40. The zero-order valence-corrected chi connectivity index (χ0v) is 18.6. The van der Waals surface area contributed by atoms with E-state index in [1.54, 1.807) is 24.1 Å². The van der Waals surface area contributed by atoms with Gasteiger partial charge in [-0.15, -0.1) is 0 Å². The molecule has 1 fully saturated rings. The summed E-state index contributed by atoms with van der Waals surface area (Å²) < 4.78 is 31.1. The van der Waals surface area contributed by atoms with Gasteiger partial charge in [0.2, 0.25) is 15.9 Å². The van der Waals surface area contributed by atoms with E-state index in [1.165, 1.54) is 11.4 Å². The fourth-order valence-corrected chi connectivity index (χ4v) is 3.61. The van der Waals surface area contributed by atoms with E-state index in [9.17, 15) is 18.3 Å². The van der Waals surface area contributed by atoms with Crippen molar-refractivity contribution in [1.29, 1.82) is 0 Å². The summed E-state index contributed by atoms with van der Waals surface area (Å²) in [4.78, 5) is 19.2. The average Bonchev–Trinajstić information content (AvgIpc) is 3.52. The van der Waals surface area contributed by atoms with Crippen LogP contribution in [-0.4, -0.2) is 78.8 Å². The van der Waals surface area contributed by atoms with Crippen LogP contribution in [0.2, 0.25) is 0 Å². The third-order valence-corrected chi connectivity index (χ3v) is 6.80. The molecule has 0 spiro atoms. The van der Waals surface area contributed by atoms with Crippen LogP contribution < -0.4 is 4.74 Å². The van der Waals surface area contributed by atoms with Crippen LogP contribution in [0.15, 0.2) is 12.3 Å². The van der Waals surface area contributed by atoms with Crippen molar-refractivity contribution in [2.45, 2.75) is 38.8 Å². The number of aliphatic hydroxyl groups excluding tert-OH is 1. The van der Waals surface area contributed by atoms with Gasteiger partial charge in [0, 0.05) is 37.2 Å².